The number of thioether (sulfide) groups is 1. The van der Waals surface area contributed by atoms with E-state index in [9.17, 15) is 0 Å². The number of nitrogens with two attached hydrogens (primary N) is 1. The number of hydrogen-bond acceptors (Lipinski definition) is 4. The lowest BCUT2D eigenvalue weighted by molar-refractivity contribution is 0.415. The number of nitrogens with zero attached hydrogens (tertiary/aromatic N) is 2. The normalized spacial score (nSPS) is 23.1. The van der Waals surface area contributed by atoms with Gasteiger partial charge >= 0.3 is 0 Å². The third kappa shape index (κ3) is 2.27. The second-order valence-electron chi connectivity index (χ2n) is 5.31. The molecular formula is C14H19N3OS. The highest BCUT2D eigenvalue weighted by Gasteiger charge is 2.31. The Morgan fingerprint density at radius 1 is 1.53 bits per heavy atom. The summed E-state index contributed by atoms with van der Waals surface area (Å²) in [6, 6.07) is 5.94. The van der Waals surface area contributed by atoms with E-state index in [-0.39, 0.29) is 4.75 Å². The molecule has 4 nitrogen and oxygen atoms in total. The number of anilines is 1. The van der Waals surface area contributed by atoms with Gasteiger partial charge in [-0.15, -0.1) is 0 Å². The van der Waals surface area contributed by atoms with E-state index >= 15 is 0 Å². The maximum Gasteiger partial charge on any atom is 0.201 e. The molecule has 1 fully saturated rings. The van der Waals surface area contributed by atoms with Crippen molar-refractivity contribution < 1.29 is 4.74 Å². The Morgan fingerprint density at radius 3 is 3.05 bits per heavy atom. The van der Waals surface area contributed by atoms with Crippen molar-refractivity contribution in [3.05, 3.63) is 18.2 Å². The molecule has 1 aromatic carbocycles. The summed E-state index contributed by atoms with van der Waals surface area (Å²) in [6.45, 7) is 3.24. The van der Waals surface area contributed by atoms with Gasteiger partial charge in [-0.2, -0.15) is 11.8 Å². The first-order valence-electron chi connectivity index (χ1n) is 6.55. The first-order valence-corrected chi connectivity index (χ1v) is 7.54. The zero-order chi connectivity index (χ0) is 13.5. The van der Waals surface area contributed by atoms with E-state index in [4.69, 9.17) is 10.5 Å². The topological polar surface area (TPSA) is 53.1 Å². The molecule has 2 heterocycles. The Morgan fingerprint density at radius 2 is 2.37 bits per heavy atom. The SMILES string of the molecule is COc1ccc2c(c1)nc(N)n2CC1(C)CCCS1. The van der Waals surface area contributed by atoms with Crippen LogP contribution in [-0.4, -0.2) is 27.2 Å². The number of nitrogen functional groups attached to an aromatic ring is 1. The zero-order valence-electron chi connectivity index (χ0n) is 11.3. The fraction of sp³-hybridized carbons (Fsp3) is 0.500. The van der Waals surface area contributed by atoms with Gasteiger partial charge in [-0.05, 0) is 37.7 Å². The van der Waals surface area contributed by atoms with Gasteiger partial charge in [0.1, 0.15) is 5.75 Å². The minimum atomic E-state index is 0.279. The molecule has 19 heavy (non-hydrogen) atoms. The van der Waals surface area contributed by atoms with Crippen LogP contribution in [-0.2, 0) is 6.54 Å². The van der Waals surface area contributed by atoms with Gasteiger partial charge in [0.15, 0.2) is 0 Å². The number of methoxy groups -OCH3 is 1. The van der Waals surface area contributed by atoms with Gasteiger partial charge < -0.3 is 15.0 Å². The summed E-state index contributed by atoms with van der Waals surface area (Å²) in [5.41, 5.74) is 8.08. The molecule has 5 heteroatoms. The Balaban J connectivity index is 2.00. The van der Waals surface area contributed by atoms with Crippen molar-refractivity contribution in [1.29, 1.82) is 0 Å². The van der Waals surface area contributed by atoms with Crippen molar-refractivity contribution in [3.8, 4) is 5.75 Å². The van der Waals surface area contributed by atoms with E-state index in [0.29, 0.717) is 5.95 Å². The van der Waals surface area contributed by atoms with E-state index < -0.39 is 0 Å². The molecule has 0 amide bonds. The number of aromatic nitrogens is 2. The molecule has 1 aromatic heterocycles. The van der Waals surface area contributed by atoms with Crippen LogP contribution in [0.3, 0.4) is 0 Å². The van der Waals surface area contributed by atoms with Crippen LogP contribution >= 0.6 is 11.8 Å². The summed E-state index contributed by atoms with van der Waals surface area (Å²) in [7, 11) is 1.66. The van der Waals surface area contributed by atoms with E-state index in [0.717, 1.165) is 23.3 Å². The first kappa shape index (κ1) is 12.7. The number of hydrogen-bond donors (Lipinski definition) is 1. The molecule has 0 aliphatic carbocycles. The molecule has 1 aliphatic heterocycles. The van der Waals surface area contributed by atoms with Crippen LogP contribution in [0.15, 0.2) is 18.2 Å². The summed E-state index contributed by atoms with van der Waals surface area (Å²) in [5.74, 6) is 2.66. The molecule has 1 saturated heterocycles. The van der Waals surface area contributed by atoms with Crippen LogP contribution in [0.2, 0.25) is 0 Å². The number of imidazole rings is 1. The fourth-order valence-electron chi connectivity index (χ4n) is 2.72. The van der Waals surface area contributed by atoms with Gasteiger partial charge in [0.05, 0.1) is 18.1 Å². The Bertz CT molecular complexity index is 602. The molecule has 1 unspecified atom stereocenters. The molecule has 1 aliphatic rings. The molecule has 0 bridgehead atoms. The van der Waals surface area contributed by atoms with Gasteiger partial charge in [-0.3, -0.25) is 0 Å². The van der Waals surface area contributed by atoms with Crippen LogP contribution in [0.25, 0.3) is 11.0 Å². The monoisotopic (exact) mass is 277 g/mol. The average Bonchev–Trinajstić information content (AvgIpc) is 2.95. The second kappa shape index (κ2) is 4.63. The molecule has 2 aromatic rings. The van der Waals surface area contributed by atoms with Crippen molar-refractivity contribution in [2.75, 3.05) is 18.6 Å². The summed E-state index contributed by atoms with van der Waals surface area (Å²) < 4.78 is 7.64. The third-order valence-corrected chi connectivity index (χ3v) is 5.30. The highest BCUT2D eigenvalue weighted by molar-refractivity contribution is 8.00. The van der Waals surface area contributed by atoms with Crippen LogP contribution in [0.5, 0.6) is 5.75 Å². The molecular weight excluding hydrogens is 258 g/mol. The maximum absolute atomic E-state index is 6.08. The van der Waals surface area contributed by atoms with E-state index in [2.05, 4.69) is 16.5 Å². The molecule has 102 valence electrons. The Hall–Kier alpha value is -1.36. The largest absolute Gasteiger partial charge is 0.497 e. The van der Waals surface area contributed by atoms with Crippen LogP contribution < -0.4 is 10.5 Å². The third-order valence-electron chi connectivity index (χ3n) is 3.78. The Labute approximate surface area is 117 Å². The van der Waals surface area contributed by atoms with Gasteiger partial charge in [-0.25, -0.2) is 4.98 Å². The predicted molar refractivity (Wildman–Crippen MR) is 80.8 cm³/mol. The standard InChI is InChI=1S/C14H19N3OS/c1-14(6-3-7-19-14)9-17-12-5-4-10(18-2)8-11(12)16-13(17)15/h4-5,8H,3,6-7,9H2,1-2H3,(H2,15,16). The lowest BCUT2D eigenvalue weighted by Crippen LogP contribution is -2.24. The summed E-state index contributed by atoms with van der Waals surface area (Å²) in [5, 5.41) is 0. The van der Waals surface area contributed by atoms with Crippen molar-refractivity contribution in [2.45, 2.75) is 31.1 Å². The van der Waals surface area contributed by atoms with Crippen LogP contribution in [0.1, 0.15) is 19.8 Å². The van der Waals surface area contributed by atoms with E-state index in [1.807, 2.05) is 30.0 Å². The summed E-state index contributed by atoms with van der Waals surface area (Å²) in [4.78, 5) is 4.45. The zero-order valence-corrected chi connectivity index (χ0v) is 12.2. The first-order chi connectivity index (χ1) is 9.11. The number of benzene rings is 1. The van der Waals surface area contributed by atoms with Crippen molar-refractivity contribution in [2.24, 2.45) is 0 Å². The van der Waals surface area contributed by atoms with Crippen LogP contribution in [0.4, 0.5) is 5.95 Å². The van der Waals surface area contributed by atoms with Crippen molar-refractivity contribution in [3.63, 3.8) is 0 Å². The van der Waals surface area contributed by atoms with Gasteiger partial charge in [0, 0.05) is 17.4 Å². The van der Waals surface area contributed by atoms with Crippen LogP contribution in [0, 0.1) is 0 Å². The number of fused-ring (bicyclic) bond motifs is 1. The van der Waals surface area contributed by atoms with Gasteiger partial charge in [-0.1, -0.05) is 0 Å². The lowest BCUT2D eigenvalue weighted by Gasteiger charge is -2.24. The molecule has 0 spiro atoms. The lowest BCUT2D eigenvalue weighted by atomic mass is 10.1. The molecule has 3 rings (SSSR count). The van der Waals surface area contributed by atoms with Gasteiger partial charge in [0.25, 0.3) is 0 Å². The molecule has 1 atom stereocenters. The minimum Gasteiger partial charge on any atom is -0.497 e. The summed E-state index contributed by atoms with van der Waals surface area (Å²) in [6.07, 6.45) is 2.54. The quantitative estimate of drug-likeness (QED) is 0.937. The number of ether oxygens (including phenoxy) is 1. The number of rotatable bonds is 3. The van der Waals surface area contributed by atoms with Crippen molar-refractivity contribution >= 4 is 28.7 Å². The highest BCUT2D eigenvalue weighted by Crippen LogP contribution is 2.40. The molecule has 0 saturated carbocycles. The van der Waals surface area contributed by atoms with Crippen molar-refractivity contribution in [1.82, 2.24) is 9.55 Å². The highest BCUT2D eigenvalue weighted by atomic mass is 32.2. The molecule has 2 N–H and O–H groups in total. The maximum atomic E-state index is 6.08. The minimum absolute atomic E-state index is 0.279. The fourth-order valence-corrected chi connectivity index (χ4v) is 4.01. The summed E-state index contributed by atoms with van der Waals surface area (Å²) >= 11 is 2.04. The second-order valence-corrected chi connectivity index (χ2v) is 7.00. The predicted octanol–water partition coefficient (Wildman–Crippen LogP) is 2.91. The Kier molecular flexibility index (Phi) is 3.09. The smallest absolute Gasteiger partial charge is 0.201 e. The van der Waals surface area contributed by atoms with Gasteiger partial charge in [0.2, 0.25) is 5.95 Å². The molecule has 0 radical (unpaired) electrons. The van der Waals surface area contributed by atoms with E-state index in [1.54, 1.807) is 7.11 Å². The average molecular weight is 277 g/mol. The van der Waals surface area contributed by atoms with E-state index in [1.165, 1.54) is 18.6 Å².